The van der Waals surface area contributed by atoms with Gasteiger partial charge in [0, 0.05) is 23.0 Å². The van der Waals surface area contributed by atoms with Gasteiger partial charge in [0.05, 0.1) is 13.2 Å². The van der Waals surface area contributed by atoms with Crippen LogP contribution in [0.5, 0.6) is 0 Å². The van der Waals surface area contributed by atoms with Gasteiger partial charge >= 0.3 is 0 Å². The minimum atomic E-state index is 0.149. The summed E-state index contributed by atoms with van der Waals surface area (Å²) >= 11 is 5.84. The summed E-state index contributed by atoms with van der Waals surface area (Å²) in [5.41, 5.74) is 1.31. The molecule has 2 nitrogen and oxygen atoms in total. The number of hydrogen-bond donors (Lipinski definition) is 1. The molecule has 0 aliphatic heterocycles. The molecule has 0 aromatic heterocycles. The number of nitrogens with one attached hydrogen (secondary N) is 1. The third-order valence-corrected chi connectivity index (χ3v) is 2.92. The highest BCUT2D eigenvalue weighted by atomic mass is 35.5. The van der Waals surface area contributed by atoms with Crippen LogP contribution in [0.25, 0.3) is 0 Å². The molecule has 0 atom stereocenters. The quantitative estimate of drug-likeness (QED) is 0.811. The number of rotatable bonds is 7. The van der Waals surface area contributed by atoms with Gasteiger partial charge in [0.15, 0.2) is 0 Å². The Balaban J connectivity index is 2.29. The van der Waals surface area contributed by atoms with Crippen molar-refractivity contribution in [3.05, 3.63) is 34.9 Å². The van der Waals surface area contributed by atoms with Crippen molar-refractivity contribution in [3.8, 4) is 0 Å². The second-order valence-corrected chi connectivity index (χ2v) is 6.26. The molecule has 3 heteroatoms. The molecule has 1 N–H and O–H groups in total. The first-order valence-electron chi connectivity index (χ1n) is 6.45. The van der Waals surface area contributed by atoms with E-state index in [1.807, 2.05) is 24.3 Å². The first kappa shape index (κ1) is 15.5. The van der Waals surface area contributed by atoms with Gasteiger partial charge in [0.2, 0.25) is 0 Å². The van der Waals surface area contributed by atoms with Crippen molar-refractivity contribution in [3.63, 3.8) is 0 Å². The maximum Gasteiger partial charge on any atom is 0.0717 e. The smallest absolute Gasteiger partial charge is 0.0717 e. The summed E-state index contributed by atoms with van der Waals surface area (Å²) in [7, 11) is 0. The Labute approximate surface area is 116 Å². The summed E-state index contributed by atoms with van der Waals surface area (Å²) in [4.78, 5) is 0. The fraction of sp³-hybridized carbons (Fsp3) is 0.600. The van der Waals surface area contributed by atoms with Gasteiger partial charge in [0.1, 0.15) is 0 Å². The molecule has 18 heavy (non-hydrogen) atoms. The molecular weight excluding hydrogens is 246 g/mol. The second-order valence-electron chi connectivity index (χ2n) is 5.82. The third kappa shape index (κ3) is 6.39. The minimum absolute atomic E-state index is 0.149. The highest BCUT2D eigenvalue weighted by molar-refractivity contribution is 6.30. The van der Waals surface area contributed by atoms with Crippen LogP contribution in [0.4, 0.5) is 0 Å². The summed E-state index contributed by atoms with van der Waals surface area (Å²) in [6.07, 6.45) is 0. The fourth-order valence-corrected chi connectivity index (χ4v) is 1.68. The Morgan fingerprint density at radius 1 is 1.22 bits per heavy atom. The number of halogens is 1. The highest BCUT2D eigenvalue weighted by Gasteiger charge is 2.18. The van der Waals surface area contributed by atoms with Crippen LogP contribution in [-0.2, 0) is 11.3 Å². The van der Waals surface area contributed by atoms with E-state index in [4.69, 9.17) is 16.3 Å². The van der Waals surface area contributed by atoms with E-state index in [1.165, 1.54) is 0 Å². The normalized spacial score (nSPS) is 12.1. The summed E-state index contributed by atoms with van der Waals surface area (Å²) in [5.74, 6) is 0. The van der Waals surface area contributed by atoms with Crippen molar-refractivity contribution < 1.29 is 4.74 Å². The van der Waals surface area contributed by atoms with Crippen LogP contribution in [0.15, 0.2) is 24.3 Å². The largest absolute Gasteiger partial charge is 0.376 e. The van der Waals surface area contributed by atoms with E-state index in [9.17, 15) is 0 Å². The Hall–Kier alpha value is -0.570. The minimum Gasteiger partial charge on any atom is -0.376 e. The van der Waals surface area contributed by atoms with Gasteiger partial charge in [-0.3, -0.25) is 0 Å². The molecule has 0 aliphatic carbocycles. The molecule has 1 rings (SSSR count). The summed E-state index contributed by atoms with van der Waals surface area (Å²) in [6.45, 7) is 11.1. The van der Waals surface area contributed by atoms with Crippen molar-refractivity contribution in [1.29, 1.82) is 0 Å². The lowest BCUT2D eigenvalue weighted by Crippen LogP contribution is -2.36. The van der Waals surface area contributed by atoms with Crippen LogP contribution < -0.4 is 5.32 Å². The van der Waals surface area contributed by atoms with Gasteiger partial charge in [-0.05, 0) is 17.7 Å². The van der Waals surface area contributed by atoms with Crippen molar-refractivity contribution in [2.24, 2.45) is 5.41 Å². The molecule has 0 bridgehead atoms. The number of benzene rings is 1. The first-order chi connectivity index (χ1) is 8.39. The summed E-state index contributed by atoms with van der Waals surface area (Å²) in [6, 6.07) is 8.31. The SMILES string of the molecule is CC(C)NCC(C)(C)COCc1ccc(Cl)cc1. The molecule has 102 valence electrons. The Morgan fingerprint density at radius 3 is 2.39 bits per heavy atom. The molecule has 0 fully saturated rings. The molecule has 0 amide bonds. The van der Waals surface area contributed by atoms with Crippen LogP contribution in [0.3, 0.4) is 0 Å². The zero-order valence-electron chi connectivity index (χ0n) is 11.8. The molecule has 0 aliphatic rings. The Kier molecular flexibility index (Phi) is 6.13. The maximum absolute atomic E-state index is 5.84. The van der Waals surface area contributed by atoms with Crippen LogP contribution in [-0.4, -0.2) is 19.2 Å². The standard InChI is InChI=1S/C15H24ClNO/c1-12(2)17-10-15(3,4)11-18-9-13-5-7-14(16)8-6-13/h5-8,12,17H,9-11H2,1-4H3. The average Bonchev–Trinajstić information content (AvgIpc) is 2.29. The van der Waals surface area contributed by atoms with Gasteiger partial charge in [-0.1, -0.05) is 51.4 Å². The molecule has 0 heterocycles. The average molecular weight is 270 g/mol. The zero-order chi connectivity index (χ0) is 13.6. The summed E-state index contributed by atoms with van der Waals surface area (Å²) in [5, 5.41) is 4.21. The van der Waals surface area contributed by atoms with Crippen LogP contribution in [0, 0.1) is 5.41 Å². The third-order valence-electron chi connectivity index (χ3n) is 2.66. The van der Waals surface area contributed by atoms with Crippen LogP contribution in [0.2, 0.25) is 5.02 Å². The van der Waals surface area contributed by atoms with Crippen LogP contribution >= 0.6 is 11.6 Å². The molecule has 0 unspecified atom stereocenters. The predicted molar refractivity (Wildman–Crippen MR) is 78.0 cm³/mol. The molecule has 0 saturated heterocycles. The fourth-order valence-electron chi connectivity index (χ4n) is 1.56. The van der Waals surface area contributed by atoms with Crippen molar-refractivity contribution in [2.45, 2.75) is 40.3 Å². The van der Waals surface area contributed by atoms with Gasteiger partial charge in [0.25, 0.3) is 0 Å². The van der Waals surface area contributed by atoms with Gasteiger partial charge in [-0.15, -0.1) is 0 Å². The van der Waals surface area contributed by atoms with E-state index < -0.39 is 0 Å². The molecule has 1 aromatic rings. The molecule has 0 spiro atoms. The number of ether oxygens (including phenoxy) is 1. The molecule has 1 aromatic carbocycles. The first-order valence-corrected chi connectivity index (χ1v) is 6.82. The van der Waals surface area contributed by atoms with Gasteiger partial charge in [-0.2, -0.15) is 0 Å². The maximum atomic E-state index is 5.84. The lowest BCUT2D eigenvalue weighted by atomic mass is 9.94. The topological polar surface area (TPSA) is 21.3 Å². The van der Waals surface area contributed by atoms with E-state index >= 15 is 0 Å². The molecule has 0 radical (unpaired) electrons. The van der Waals surface area contributed by atoms with E-state index in [2.05, 4.69) is 33.0 Å². The van der Waals surface area contributed by atoms with E-state index in [0.717, 1.165) is 23.7 Å². The van der Waals surface area contributed by atoms with Gasteiger partial charge in [-0.25, -0.2) is 0 Å². The van der Waals surface area contributed by atoms with E-state index in [-0.39, 0.29) is 5.41 Å². The Bertz CT molecular complexity index is 346. The van der Waals surface area contributed by atoms with Crippen molar-refractivity contribution in [1.82, 2.24) is 5.32 Å². The molecule has 0 saturated carbocycles. The lowest BCUT2D eigenvalue weighted by molar-refractivity contribution is 0.0504. The monoisotopic (exact) mass is 269 g/mol. The highest BCUT2D eigenvalue weighted by Crippen LogP contribution is 2.16. The van der Waals surface area contributed by atoms with Crippen molar-refractivity contribution >= 4 is 11.6 Å². The van der Waals surface area contributed by atoms with E-state index in [1.54, 1.807) is 0 Å². The second kappa shape index (κ2) is 7.13. The zero-order valence-corrected chi connectivity index (χ0v) is 12.6. The predicted octanol–water partition coefficient (Wildman–Crippen LogP) is 3.88. The Morgan fingerprint density at radius 2 is 1.83 bits per heavy atom. The molecular formula is C15H24ClNO. The summed E-state index contributed by atoms with van der Waals surface area (Å²) < 4.78 is 5.77. The lowest BCUT2D eigenvalue weighted by Gasteiger charge is -2.26. The van der Waals surface area contributed by atoms with Crippen LogP contribution in [0.1, 0.15) is 33.3 Å². The number of hydrogen-bond acceptors (Lipinski definition) is 2. The van der Waals surface area contributed by atoms with Crippen molar-refractivity contribution in [2.75, 3.05) is 13.2 Å². The van der Waals surface area contributed by atoms with Gasteiger partial charge < -0.3 is 10.1 Å². The van der Waals surface area contributed by atoms with E-state index in [0.29, 0.717) is 12.6 Å².